The van der Waals surface area contributed by atoms with Gasteiger partial charge in [-0.1, -0.05) is 13.8 Å². The van der Waals surface area contributed by atoms with Crippen molar-refractivity contribution in [3.8, 4) is 0 Å². The Kier molecular flexibility index (Phi) is 5.03. The van der Waals surface area contributed by atoms with E-state index >= 15 is 0 Å². The number of carbonyl (C=O) groups excluding carboxylic acids is 2. The van der Waals surface area contributed by atoms with E-state index in [-0.39, 0.29) is 18.9 Å². The normalized spacial score (nSPS) is 12.3. The Balaban J connectivity index is 3.94. The first-order valence-electron chi connectivity index (χ1n) is 3.60. The molecule has 0 aliphatic heterocycles. The van der Waals surface area contributed by atoms with Crippen LogP contribution in [0.3, 0.4) is 0 Å². The van der Waals surface area contributed by atoms with Gasteiger partial charge in [0, 0.05) is 5.92 Å². The molecule has 0 aromatic rings. The lowest BCUT2D eigenvalue weighted by Gasteiger charge is -2.18. The quantitative estimate of drug-likeness (QED) is 0.351. The molecular formula is C7H13NO4. The van der Waals surface area contributed by atoms with Crippen LogP contribution in [0.4, 0.5) is 0 Å². The molecule has 0 radical (unpaired) electrons. The Morgan fingerprint density at radius 1 is 1.58 bits per heavy atom. The van der Waals surface area contributed by atoms with E-state index in [1.54, 1.807) is 13.8 Å². The third-order valence-corrected chi connectivity index (χ3v) is 1.15. The van der Waals surface area contributed by atoms with Crippen LogP contribution in [0.5, 0.6) is 0 Å². The third-order valence-electron chi connectivity index (χ3n) is 1.15. The highest BCUT2D eigenvalue weighted by Gasteiger charge is 2.17. The maximum absolute atomic E-state index is 10.7. The molecule has 12 heavy (non-hydrogen) atoms. The second-order valence-corrected chi connectivity index (χ2v) is 2.54. The Hall–Kier alpha value is -1.10. The number of hydrogen-bond donors (Lipinski definition) is 1. The molecule has 5 heteroatoms. The van der Waals surface area contributed by atoms with Gasteiger partial charge in [-0.3, -0.25) is 9.59 Å². The van der Waals surface area contributed by atoms with Crippen LogP contribution in [0.15, 0.2) is 0 Å². The summed E-state index contributed by atoms with van der Waals surface area (Å²) in [6.45, 7) is 3.55. The number of esters is 1. The van der Waals surface area contributed by atoms with E-state index in [9.17, 15) is 9.59 Å². The van der Waals surface area contributed by atoms with Crippen molar-refractivity contribution in [2.24, 2.45) is 11.7 Å². The van der Waals surface area contributed by atoms with Crippen LogP contribution in [-0.2, 0) is 19.1 Å². The van der Waals surface area contributed by atoms with Crippen LogP contribution < -0.4 is 5.73 Å². The minimum atomic E-state index is -0.835. The Morgan fingerprint density at radius 2 is 2.17 bits per heavy atom. The van der Waals surface area contributed by atoms with Crippen LogP contribution in [0.1, 0.15) is 13.8 Å². The van der Waals surface area contributed by atoms with Gasteiger partial charge in [0.1, 0.15) is 0 Å². The molecule has 70 valence electrons. The highest BCUT2D eigenvalue weighted by molar-refractivity contribution is 5.71. The van der Waals surface area contributed by atoms with Crippen LogP contribution in [0.2, 0.25) is 0 Å². The molecule has 0 saturated carbocycles. The maximum Gasteiger partial charge on any atom is 0.322 e. The van der Waals surface area contributed by atoms with E-state index < -0.39 is 12.3 Å². The highest BCUT2D eigenvalue weighted by Crippen LogP contribution is 2.06. The molecule has 0 aromatic heterocycles. The van der Waals surface area contributed by atoms with E-state index in [0.29, 0.717) is 0 Å². The van der Waals surface area contributed by atoms with Gasteiger partial charge in [0.05, 0.1) is 6.54 Å². The molecule has 0 heterocycles. The fourth-order valence-electron chi connectivity index (χ4n) is 0.553. The van der Waals surface area contributed by atoms with Crippen LogP contribution in [-0.4, -0.2) is 25.3 Å². The summed E-state index contributed by atoms with van der Waals surface area (Å²) in [4.78, 5) is 20.6. The molecule has 0 saturated heterocycles. The highest BCUT2D eigenvalue weighted by atomic mass is 16.7. The van der Waals surface area contributed by atoms with Gasteiger partial charge in [-0.25, -0.2) is 0 Å². The lowest BCUT2D eigenvalue weighted by atomic mass is 10.2. The zero-order valence-corrected chi connectivity index (χ0v) is 7.15. The largest absolute Gasteiger partial charge is 0.427 e. The van der Waals surface area contributed by atoms with Crippen molar-refractivity contribution < 1.29 is 19.1 Å². The fourth-order valence-corrected chi connectivity index (χ4v) is 0.553. The summed E-state index contributed by atoms with van der Waals surface area (Å²) >= 11 is 0. The van der Waals surface area contributed by atoms with Crippen molar-refractivity contribution >= 4 is 12.4 Å². The van der Waals surface area contributed by atoms with E-state index in [1.165, 1.54) is 0 Å². The lowest BCUT2D eigenvalue weighted by molar-refractivity contribution is -0.186. The number of nitrogens with two attached hydrogens (primary N) is 1. The molecule has 0 fully saturated rings. The summed E-state index contributed by atoms with van der Waals surface area (Å²) in [6.07, 6.45) is -0.835. The predicted octanol–water partition coefficient (Wildman–Crippen LogP) is -0.357. The topological polar surface area (TPSA) is 78.6 Å². The van der Waals surface area contributed by atoms with Crippen molar-refractivity contribution in [1.29, 1.82) is 0 Å². The first kappa shape index (κ1) is 10.9. The van der Waals surface area contributed by atoms with Crippen LogP contribution >= 0.6 is 0 Å². The number of hydrogen-bond acceptors (Lipinski definition) is 5. The van der Waals surface area contributed by atoms with Crippen molar-refractivity contribution in [3.05, 3.63) is 0 Å². The summed E-state index contributed by atoms with van der Waals surface area (Å²) in [7, 11) is 0. The predicted molar refractivity (Wildman–Crippen MR) is 40.9 cm³/mol. The zero-order valence-electron chi connectivity index (χ0n) is 7.15. The number of rotatable bonds is 5. The van der Waals surface area contributed by atoms with E-state index in [4.69, 9.17) is 5.73 Å². The lowest BCUT2D eigenvalue weighted by Crippen LogP contribution is -2.29. The number of carbonyl (C=O) groups is 2. The van der Waals surface area contributed by atoms with Gasteiger partial charge in [-0.2, -0.15) is 0 Å². The van der Waals surface area contributed by atoms with E-state index in [0.717, 1.165) is 0 Å². The van der Waals surface area contributed by atoms with Crippen molar-refractivity contribution in [2.45, 2.75) is 20.1 Å². The van der Waals surface area contributed by atoms with Crippen molar-refractivity contribution in [3.63, 3.8) is 0 Å². The van der Waals surface area contributed by atoms with Crippen molar-refractivity contribution in [2.75, 3.05) is 6.54 Å². The summed E-state index contributed by atoms with van der Waals surface area (Å²) in [5, 5.41) is 0. The molecular weight excluding hydrogens is 162 g/mol. The Bertz CT molecular complexity index is 157. The first-order chi connectivity index (χ1) is 5.61. The van der Waals surface area contributed by atoms with Gasteiger partial charge in [0.25, 0.3) is 6.47 Å². The minimum absolute atomic E-state index is 0.0781. The molecule has 0 aromatic carbocycles. The van der Waals surface area contributed by atoms with E-state index in [1.807, 2.05) is 0 Å². The standard InChI is InChI=1S/C7H13NO4/c1-5(2)7(11-4-9)12-6(10)3-8/h4-5,7H,3,8H2,1-2H3. The average Bonchev–Trinajstić information content (AvgIpc) is 2.03. The van der Waals surface area contributed by atoms with E-state index in [2.05, 4.69) is 9.47 Å². The van der Waals surface area contributed by atoms with Crippen LogP contribution in [0.25, 0.3) is 0 Å². The van der Waals surface area contributed by atoms with Gasteiger partial charge in [0.15, 0.2) is 0 Å². The molecule has 0 aliphatic rings. The maximum atomic E-state index is 10.7. The van der Waals surface area contributed by atoms with Crippen LogP contribution in [0, 0.1) is 5.92 Å². The summed E-state index contributed by atoms with van der Waals surface area (Å²) in [5.41, 5.74) is 5.00. The number of ether oxygens (including phenoxy) is 2. The molecule has 2 N–H and O–H groups in total. The molecule has 0 amide bonds. The molecule has 1 atom stereocenters. The van der Waals surface area contributed by atoms with Gasteiger partial charge in [-0.15, -0.1) is 0 Å². The monoisotopic (exact) mass is 175 g/mol. The van der Waals surface area contributed by atoms with Gasteiger partial charge < -0.3 is 15.2 Å². The van der Waals surface area contributed by atoms with Gasteiger partial charge in [-0.05, 0) is 0 Å². The summed E-state index contributed by atoms with van der Waals surface area (Å²) < 4.78 is 9.18. The van der Waals surface area contributed by atoms with Gasteiger partial charge >= 0.3 is 5.97 Å². The smallest absolute Gasteiger partial charge is 0.322 e. The molecule has 0 bridgehead atoms. The Morgan fingerprint density at radius 3 is 2.50 bits per heavy atom. The van der Waals surface area contributed by atoms with Gasteiger partial charge in [0.2, 0.25) is 6.29 Å². The summed E-state index contributed by atoms with van der Waals surface area (Å²) in [5.74, 6) is -0.666. The first-order valence-corrected chi connectivity index (χ1v) is 3.60. The average molecular weight is 175 g/mol. The minimum Gasteiger partial charge on any atom is -0.427 e. The molecule has 5 nitrogen and oxygen atoms in total. The summed E-state index contributed by atoms with van der Waals surface area (Å²) in [6, 6.07) is 0. The molecule has 0 rings (SSSR count). The SMILES string of the molecule is CC(C)C(OC=O)OC(=O)CN. The Labute approximate surface area is 70.8 Å². The zero-order chi connectivity index (χ0) is 9.56. The fraction of sp³-hybridized carbons (Fsp3) is 0.714. The second-order valence-electron chi connectivity index (χ2n) is 2.54. The molecule has 0 spiro atoms. The molecule has 0 aliphatic carbocycles. The third kappa shape index (κ3) is 3.92. The molecule has 1 unspecified atom stereocenters. The van der Waals surface area contributed by atoms with Crippen molar-refractivity contribution in [1.82, 2.24) is 0 Å². The second kappa shape index (κ2) is 5.54.